The van der Waals surface area contributed by atoms with Crippen molar-refractivity contribution in [2.75, 3.05) is 5.75 Å². The fourth-order valence-corrected chi connectivity index (χ4v) is 7.17. The normalized spacial score (nSPS) is 32.8. The topological polar surface area (TPSA) is 34.1 Å². The first-order chi connectivity index (χ1) is 10.4. The van der Waals surface area contributed by atoms with Crippen LogP contribution >= 0.6 is 0 Å². The smallest absolute Gasteiger partial charge is 0.155 e. The maximum atomic E-state index is 12.6. The molecule has 130 valence electrons. The zero-order valence-electron chi connectivity index (χ0n) is 15.0. The lowest BCUT2D eigenvalue weighted by Gasteiger charge is -2.48. The Hall–Kier alpha value is -0.0500. The average molecular weight is 329 g/mol. The van der Waals surface area contributed by atoms with Crippen molar-refractivity contribution >= 4 is 9.84 Å². The van der Waals surface area contributed by atoms with E-state index in [1.807, 2.05) is 13.8 Å². The number of hydrogen-bond acceptors (Lipinski definition) is 2. The Morgan fingerprint density at radius 1 is 0.909 bits per heavy atom. The van der Waals surface area contributed by atoms with E-state index in [4.69, 9.17) is 0 Å². The first-order valence-corrected chi connectivity index (χ1v) is 11.3. The van der Waals surface area contributed by atoms with Crippen LogP contribution in [0.4, 0.5) is 0 Å². The van der Waals surface area contributed by atoms with Crippen molar-refractivity contribution in [2.24, 2.45) is 11.3 Å². The highest BCUT2D eigenvalue weighted by molar-refractivity contribution is 7.92. The summed E-state index contributed by atoms with van der Waals surface area (Å²) in [5, 5.41) is 0. The molecule has 3 heteroatoms. The SMILES string of the molecule is CCCC1(C2CCC(C)(S(=O)(=O)CCC)CC2)CCCCC1. The van der Waals surface area contributed by atoms with Crippen LogP contribution < -0.4 is 0 Å². The minimum atomic E-state index is -2.92. The van der Waals surface area contributed by atoms with Gasteiger partial charge in [-0.1, -0.05) is 39.5 Å². The largest absolute Gasteiger partial charge is 0.228 e. The molecule has 2 saturated carbocycles. The molecular formula is C19H36O2S. The van der Waals surface area contributed by atoms with Crippen molar-refractivity contribution in [3.8, 4) is 0 Å². The molecule has 0 unspecified atom stereocenters. The van der Waals surface area contributed by atoms with Gasteiger partial charge in [-0.25, -0.2) is 8.42 Å². The molecule has 0 bridgehead atoms. The van der Waals surface area contributed by atoms with Crippen molar-refractivity contribution in [2.45, 2.75) is 103 Å². The highest BCUT2D eigenvalue weighted by atomic mass is 32.2. The van der Waals surface area contributed by atoms with E-state index in [1.54, 1.807) is 0 Å². The minimum Gasteiger partial charge on any atom is -0.228 e. The van der Waals surface area contributed by atoms with Crippen LogP contribution in [0.25, 0.3) is 0 Å². The molecule has 2 fully saturated rings. The van der Waals surface area contributed by atoms with Crippen LogP contribution in [-0.4, -0.2) is 18.9 Å². The third-order valence-corrected chi connectivity index (χ3v) is 9.59. The molecule has 0 saturated heterocycles. The molecule has 2 rings (SSSR count). The van der Waals surface area contributed by atoms with Crippen LogP contribution in [0.3, 0.4) is 0 Å². The molecule has 2 aliphatic rings. The van der Waals surface area contributed by atoms with Gasteiger partial charge in [0.15, 0.2) is 9.84 Å². The lowest BCUT2D eigenvalue weighted by Crippen LogP contribution is -2.44. The van der Waals surface area contributed by atoms with E-state index >= 15 is 0 Å². The Balaban J connectivity index is 2.07. The zero-order valence-corrected chi connectivity index (χ0v) is 15.8. The summed E-state index contributed by atoms with van der Waals surface area (Å²) in [7, 11) is -2.92. The third-order valence-electron chi connectivity index (χ3n) is 6.73. The van der Waals surface area contributed by atoms with E-state index in [1.165, 1.54) is 44.9 Å². The van der Waals surface area contributed by atoms with Gasteiger partial charge in [0.05, 0.1) is 10.5 Å². The summed E-state index contributed by atoms with van der Waals surface area (Å²) in [6.07, 6.45) is 14.4. The minimum absolute atomic E-state index is 0.369. The molecule has 0 N–H and O–H groups in total. The van der Waals surface area contributed by atoms with Crippen molar-refractivity contribution in [3.63, 3.8) is 0 Å². The summed E-state index contributed by atoms with van der Waals surface area (Å²) in [4.78, 5) is 0. The maximum Gasteiger partial charge on any atom is 0.155 e. The number of sulfone groups is 1. The van der Waals surface area contributed by atoms with E-state index < -0.39 is 14.6 Å². The Morgan fingerprint density at radius 2 is 1.50 bits per heavy atom. The van der Waals surface area contributed by atoms with Gasteiger partial charge in [-0.2, -0.15) is 0 Å². The van der Waals surface area contributed by atoms with Crippen molar-refractivity contribution in [3.05, 3.63) is 0 Å². The summed E-state index contributed by atoms with van der Waals surface area (Å²) in [6.45, 7) is 6.31. The van der Waals surface area contributed by atoms with Crippen LogP contribution in [0.1, 0.15) is 97.8 Å². The van der Waals surface area contributed by atoms with E-state index in [0.717, 1.165) is 38.0 Å². The molecule has 0 aromatic carbocycles. The predicted octanol–water partition coefficient (Wildman–Crippen LogP) is 5.51. The summed E-state index contributed by atoms with van der Waals surface area (Å²) in [6, 6.07) is 0. The second-order valence-corrected chi connectivity index (χ2v) is 10.8. The lowest BCUT2D eigenvalue weighted by molar-refractivity contribution is 0.0504. The standard InChI is InChI=1S/C19H36O2S/c1-4-11-19(12-7-6-8-13-19)17-9-14-18(3,15-10-17)22(20,21)16-5-2/h17H,4-16H2,1-3H3. The Morgan fingerprint density at radius 3 is 2.00 bits per heavy atom. The van der Waals surface area contributed by atoms with Gasteiger partial charge in [0.1, 0.15) is 0 Å². The van der Waals surface area contributed by atoms with Gasteiger partial charge < -0.3 is 0 Å². The van der Waals surface area contributed by atoms with E-state index in [2.05, 4.69) is 6.92 Å². The quantitative estimate of drug-likeness (QED) is 0.644. The van der Waals surface area contributed by atoms with Gasteiger partial charge in [-0.3, -0.25) is 0 Å². The maximum absolute atomic E-state index is 12.6. The summed E-state index contributed by atoms with van der Waals surface area (Å²) < 4.78 is 24.7. The van der Waals surface area contributed by atoms with Crippen LogP contribution in [0, 0.1) is 11.3 Å². The number of rotatable bonds is 6. The zero-order chi connectivity index (χ0) is 16.3. The van der Waals surface area contributed by atoms with Crippen LogP contribution in [0.2, 0.25) is 0 Å². The van der Waals surface area contributed by atoms with Gasteiger partial charge in [0.2, 0.25) is 0 Å². The monoisotopic (exact) mass is 328 g/mol. The molecule has 0 radical (unpaired) electrons. The van der Waals surface area contributed by atoms with Gasteiger partial charge in [0, 0.05) is 0 Å². The van der Waals surface area contributed by atoms with Gasteiger partial charge in [0.25, 0.3) is 0 Å². The van der Waals surface area contributed by atoms with Gasteiger partial charge >= 0.3 is 0 Å². The van der Waals surface area contributed by atoms with Crippen LogP contribution in [0.15, 0.2) is 0 Å². The van der Waals surface area contributed by atoms with Gasteiger partial charge in [-0.15, -0.1) is 0 Å². The van der Waals surface area contributed by atoms with E-state index in [0.29, 0.717) is 11.2 Å². The van der Waals surface area contributed by atoms with E-state index in [9.17, 15) is 8.42 Å². The van der Waals surface area contributed by atoms with Crippen molar-refractivity contribution in [1.29, 1.82) is 0 Å². The average Bonchev–Trinajstić information content (AvgIpc) is 2.49. The highest BCUT2D eigenvalue weighted by Crippen LogP contribution is 2.53. The highest BCUT2D eigenvalue weighted by Gasteiger charge is 2.47. The molecule has 0 spiro atoms. The molecule has 0 amide bonds. The molecule has 0 heterocycles. The molecular weight excluding hydrogens is 292 g/mol. The second kappa shape index (κ2) is 7.23. The van der Waals surface area contributed by atoms with Crippen LogP contribution in [-0.2, 0) is 9.84 Å². The Labute approximate surface area is 138 Å². The van der Waals surface area contributed by atoms with E-state index in [-0.39, 0.29) is 0 Å². The Kier molecular flexibility index (Phi) is 6.01. The summed E-state index contributed by atoms with van der Waals surface area (Å²) in [5.41, 5.74) is 0.544. The molecule has 22 heavy (non-hydrogen) atoms. The summed E-state index contributed by atoms with van der Waals surface area (Å²) >= 11 is 0. The second-order valence-electron chi connectivity index (χ2n) is 8.22. The fraction of sp³-hybridized carbons (Fsp3) is 1.00. The molecule has 0 aromatic rings. The summed E-state index contributed by atoms with van der Waals surface area (Å²) in [5.74, 6) is 1.14. The van der Waals surface area contributed by atoms with Crippen molar-refractivity contribution < 1.29 is 8.42 Å². The molecule has 0 atom stereocenters. The van der Waals surface area contributed by atoms with Gasteiger partial charge in [-0.05, 0) is 69.6 Å². The number of hydrogen-bond donors (Lipinski definition) is 0. The third kappa shape index (κ3) is 3.55. The first-order valence-electron chi connectivity index (χ1n) is 9.61. The fourth-order valence-electron chi connectivity index (χ4n) is 5.28. The van der Waals surface area contributed by atoms with Crippen molar-refractivity contribution in [1.82, 2.24) is 0 Å². The predicted molar refractivity (Wildman–Crippen MR) is 94.9 cm³/mol. The molecule has 0 aromatic heterocycles. The van der Waals surface area contributed by atoms with Crippen LogP contribution in [0.5, 0.6) is 0 Å². The lowest BCUT2D eigenvalue weighted by atomic mass is 9.59. The first kappa shape index (κ1) is 18.3. The Bertz CT molecular complexity index is 433. The molecule has 2 nitrogen and oxygen atoms in total. The molecule has 2 aliphatic carbocycles. The molecule has 0 aliphatic heterocycles.